The number of fused-ring (bicyclic) bond motifs is 1. The molecular formula is C22H23N3O4. The van der Waals surface area contributed by atoms with Crippen molar-refractivity contribution in [1.29, 1.82) is 0 Å². The Morgan fingerprint density at radius 3 is 2.34 bits per heavy atom. The van der Waals surface area contributed by atoms with E-state index in [0.717, 1.165) is 16.5 Å². The molecule has 0 radical (unpaired) electrons. The third-order valence-electron chi connectivity index (χ3n) is 4.32. The van der Waals surface area contributed by atoms with Crippen molar-refractivity contribution >= 4 is 28.6 Å². The number of benzene rings is 3. The lowest BCUT2D eigenvalue weighted by atomic mass is 10.1. The highest BCUT2D eigenvalue weighted by molar-refractivity contribution is 5.95. The second-order valence-corrected chi connectivity index (χ2v) is 6.13. The van der Waals surface area contributed by atoms with E-state index in [1.807, 2.05) is 42.5 Å². The molecule has 0 aliphatic heterocycles. The Balaban J connectivity index is 1.62. The number of hydrogen-bond donors (Lipinski definition) is 2. The monoisotopic (exact) mass is 393 g/mol. The van der Waals surface area contributed by atoms with Crippen molar-refractivity contribution < 1.29 is 19.0 Å². The van der Waals surface area contributed by atoms with E-state index in [1.54, 1.807) is 26.4 Å². The van der Waals surface area contributed by atoms with Gasteiger partial charge in [-0.05, 0) is 23.6 Å². The number of rotatable bonds is 8. The van der Waals surface area contributed by atoms with Gasteiger partial charge in [-0.2, -0.15) is 5.10 Å². The van der Waals surface area contributed by atoms with Crippen molar-refractivity contribution in [2.75, 3.05) is 33.2 Å². The van der Waals surface area contributed by atoms with Gasteiger partial charge in [-0.1, -0.05) is 36.4 Å². The highest BCUT2D eigenvalue weighted by atomic mass is 16.5. The third-order valence-corrected chi connectivity index (χ3v) is 4.32. The Bertz CT molecular complexity index is 1000. The van der Waals surface area contributed by atoms with Gasteiger partial charge in [0.1, 0.15) is 0 Å². The van der Waals surface area contributed by atoms with Gasteiger partial charge >= 0.3 is 0 Å². The molecule has 7 heteroatoms. The molecule has 0 atom stereocenters. The van der Waals surface area contributed by atoms with E-state index < -0.39 is 0 Å². The lowest BCUT2D eigenvalue weighted by Gasteiger charge is -2.12. The van der Waals surface area contributed by atoms with Crippen molar-refractivity contribution in [1.82, 2.24) is 5.43 Å². The van der Waals surface area contributed by atoms with Gasteiger partial charge in [0.25, 0.3) is 5.91 Å². The highest BCUT2D eigenvalue weighted by Gasteiger charge is 2.12. The maximum atomic E-state index is 12.1. The van der Waals surface area contributed by atoms with Crippen LogP contribution in [0.1, 0.15) is 5.56 Å². The number of carbonyl (C=O) groups excluding carboxylic acids is 1. The second kappa shape index (κ2) is 9.45. The van der Waals surface area contributed by atoms with Gasteiger partial charge in [0, 0.05) is 16.6 Å². The summed E-state index contributed by atoms with van der Waals surface area (Å²) < 4.78 is 15.9. The molecule has 29 heavy (non-hydrogen) atoms. The molecule has 0 saturated carbocycles. The second-order valence-electron chi connectivity index (χ2n) is 6.13. The molecule has 0 heterocycles. The maximum absolute atomic E-state index is 12.1. The maximum Gasteiger partial charge on any atom is 0.259 e. The largest absolute Gasteiger partial charge is 0.493 e. The van der Waals surface area contributed by atoms with Crippen molar-refractivity contribution in [3.8, 4) is 17.2 Å². The van der Waals surface area contributed by atoms with Gasteiger partial charge in [-0.3, -0.25) is 4.79 Å². The molecule has 150 valence electrons. The summed E-state index contributed by atoms with van der Waals surface area (Å²) in [6.07, 6.45) is 1.51. The SMILES string of the molecule is COc1cc(/C=N\NC(=O)CNc2cccc3ccccc23)cc(OC)c1OC. The first-order valence-electron chi connectivity index (χ1n) is 8.99. The zero-order chi connectivity index (χ0) is 20.6. The van der Waals surface area contributed by atoms with Crippen LogP contribution >= 0.6 is 0 Å². The van der Waals surface area contributed by atoms with Crippen LogP contribution in [0.15, 0.2) is 59.7 Å². The van der Waals surface area contributed by atoms with E-state index in [9.17, 15) is 4.79 Å². The van der Waals surface area contributed by atoms with Crippen molar-refractivity contribution in [3.05, 3.63) is 60.2 Å². The van der Waals surface area contributed by atoms with Crippen LogP contribution in [0.3, 0.4) is 0 Å². The van der Waals surface area contributed by atoms with Crippen LogP contribution in [0.25, 0.3) is 10.8 Å². The molecule has 0 unspecified atom stereocenters. The average molecular weight is 393 g/mol. The summed E-state index contributed by atoms with van der Waals surface area (Å²) in [5.74, 6) is 1.26. The first-order valence-corrected chi connectivity index (χ1v) is 8.99. The lowest BCUT2D eigenvalue weighted by molar-refractivity contribution is -0.119. The van der Waals surface area contributed by atoms with Gasteiger partial charge in [0.15, 0.2) is 11.5 Å². The normalized spacial score (nSPS) is 10.7. The van der Waals surface area contributed by atoms with Gasteiger partial charge in [0.05, 0.1) is 34.1 Å². The standard InChI is InChI=1S/C22H23N3O4/c1-27-19-11-15(12-20(28-2)22(19)29-3)13-24-25-21(26)14-23-18-10-6-8-16-7-4-5-9-17(16)18/h4-13,23H,14H2,1-3H3,(H,25,26)/b24-13-. The molecule has 0 saturated heterocycles. The highest BCUT2D eigenvalue weighted by Crippen LogP contribution is 2.37. The molecule has 0 aliphatic carbocycles. The smallest absolute Gasteiger partial charge is 0.259 e. The number of methoxy groups -OCH3 is 3. The van der Waals surface area contributed by atoms with Crippen LogP contribution in [0.5, 0.6) is 17.2 Å². The van der Waals surface area contributed by atoms with E-state index in [-0.39, 0.29) is 12.5 Å². The number of nitrogens with one attached hydrogen (secondary N) is 2. The minimum absolute atomic E-state index is 0.0978. The molecule has 0 fully saturated rings. The number of hydrogen-bond acceptors (Lipinski definition) is 6. The van der Waals surface area contributed by atoms with Gasteiger partial charge in [0.2, 0.25) is 5.75 Å². The molecule has 3 rings (SSSR count). The Hall–Kier alpha value is -3.74. The Labute approximate surface area is 169 Å². The fourth-order valence-corrected chi connectivity index (χ4v) is 2.95. The number of anilines is 1. The molecular weight excluding hydrogens is 370 g/mol. The van der Waals surface area contributed by atoms with Crippen molar-refractivity contribution in [2.45, 2.75) is 0 Å². The molecule has 0 spiro atoms. The first kappa shape index (κ1) is 20.0. The summed E-state index contributed by atoms with van der Waals surface area (Å²) in [6.45, 7) is 0.0978. The van der Waals surface area contributed by atoms with Gasteiger partial charge < -0.3 is 19.5 Å². The fourth-order valence-electron chi connectivity index (χ4n) is 2.95. The topological polar surface area (TPSA) is 81.2 Å². The summed E-state index contributed by atoms with van der Waals surface area (Å²) in [7, 11) is 4.62. The number of ether oxygens (including phenoxy) is 3. The Kier molecular flexibility index (Phi) is 6.52. The average Bonchev–Trinajstić information content (AvgIpc) is 2.76. The summed E-state index contributed by atoms with van der Waals surface area (Å²) in [6, 6.07) is 17.4. The molecule has 1 amide bonds. The van der Waals surface area contributed by atoms with E-state index in [4.69, 9.17) is 14.2 Å². The van der Waals surface area contributed by atoms with E-state index >= 15 is 0 Å². The van der Waals surface area contributed by atoms with E-state index in [0.29, 0.717) is 22.8 Å². The molecule has 0 aromatic heterocycles. The number of amides is 1. The van der Waals surface area contributed by atoms with Crippen molar-refractivity contribution in [3.63, 3.8) is 0 Å². The molecule has 0 bridgehead atoms. The molecule has 0 aliphatic rings. The quantitative estimate of drug-likeness (QED) is 0.453. The van der Waals surface area contributed by atoms with Crippen LogP contribution in [0, 0.1) is 0 Å². The molecule has 2 N–H and O–H groups in total. The number of carbonyl (C=O) groups is 1. The molecule has 3 aromatic carbocycles. The third kappa shape index (κ3) is 4.76. The zero-order valence-electron chi connectivity index (χ0n) is 16.6. The van der Waals surface area contributed by atoms with E-state index in [1.165, 1.54) is 13.3 Å². The van der Waals surface area contributed by atoms with Crippen LogP contribution in [0.2, 0.25) is 0 Å². The Morgan fingerprint density at radius 2 is 1.66 bits per heavy atom. The number of hydrazone groups is 1. The molecule has 7 nitrogen and oxygen atoms in total. The Morgan fingerprint density at radius 1 is 0.966 bits per heavy atom. The molecule has 3 aromatic rings. The van der Waals surface area contributed by atoms with Gasteiger partial charge in [-0.25, -0.2) is 5.43 Å². The lowest BCUT2D eigenvalue weighted by Crippen LogP contribution is -2.25. The first-order chi connectivity index (χ1) is 14.2. The minimum atomic E-state index is -0.262. The van der Waals surface area contributed by atoms with Crippen LogP contribution in [-0.4, -0.2) is 40.0 Å². The van der Waals surface area contributed by atoms with Crippen molar-refractivity contribution in [2.24, 2.45) is 5.10 Å². The zero-order valence-corrected chi connectivity index (χ0v) is 16.6. The predicted molar refractivity (Wildman–Crippen MR) is 114 cm³/mol. The minimum Gasteiger partial charge on any atom is -0.493 e. The summed E-state index contributed by atoms with van der Waals surface area (Å²) in [5, 5.41) is 9.32. The van der Waals surface area contributed by atoms with Crippen LogP contribution in [0.4, 0.5) is 5.69 Å². The van der Waals surface area contributed by atoms with Gasteiger partial charge in [-0.15, -0.1) is 0 Å². The van der Waals surface area contributed by atoms with Crippen LogP contribution in [-0.2, 0) is 4.79 Å². The fraction of sp³-hybridized carbons (Fsp3) is 0.182. The predicted octanol–water partition coefficient (Wildman–Crippen LogP) is 3.43. The van der Waals surface area contributed by atoms with E-state index in [2.05, 4.69) is 15.8 Å². The summed E-state index contributed by atoms with van der Waals surface area (Å²) in [4.78, 5) is 12.1. The number of nitrogens with zero attached hydrogens (tertiary/aromatic N) is 1. The summed E-state index contributed by atoms with van der Waals surface area (Å²) in [5.41, 5.74) is 4.10. The summed E-state index contributed by atoms with van der Waals surface area (Å²) >= 11 is 0. The van der Waals surface area contributed by atoms with Crippen LogP contribution < -0.4 is 25.0 Å².